The maximum atomic E-state index is 12.9. The summed E-state index contributed by atoms with van der Waals surface area (Å²) in [6.07, 6.45) is 90.2. The van der Waals surface area contributed by atoms with E-state index in [1.807, 2.05) is 0 Å². The van der Waals surface area contributed by atoms with Gasteiger partial charge in [0.05, 0.1) is 0 Å². The summed E-state index contributed by atoms with van der Waals surface area (Å²) in [4.78, 5) is 38.4. The summed E-state index contributed by atoms with van der Waals surface area (Å²) in [5.74, 6) is -0.867. The van der Waals surface area contributed by atoms with Crippen LogP contribution >= 0.6 is 0 Å². The zero-order chi connectivity index (χ0) is 59.2. The Morgan fingerprint density at radius 2 is 0.439 bits per heavy atom. The first-order chi connectivity index (χ1) is 40.5. The summed E-state index contributed by atoms with van der Waals surface area (Å²) in [5.41, 5.74) is 0. The largest absolute Gasteiger partial charge is 0.462 e. The highest BCUT2D eigenvalue weighted by Crippen LogP contribution is 2.18. The molecule has 1 atom stereocenters. The second-order valence-corrected chi connectivity index (χ2v) is 24.8. The fourth-order valence-electron chi connectivity index (χ4n) is 11.0. The van der Waals surface area contributed by atoms with Gasteiger partial charge < -0.3 is 14.2 Å². The molecule has 0 radical (unpaired) electrons. The number of hydrogen-bond donors (Lipinski definition) is 0. The summed E-state index contributed by atoms with van der Waals surface area (Å²) in [7, 11) is 0. The van der Waals surface area contributed by atoms with Crippen molar-refractivity contribution in [3.8, 4) is 0 Å². The van der Waals surface area contributed by atoms with Gasteiger partial charge in [-0.25, -0.2) is 0 Å². The highest BCUT2D eigenvalue weighted by atomic mass is 16.6. The van der Waals surface area contributed by atoms with Crippen LogP contribution in [0.1, 0.15) is 400 Å². The number of carbonyl (C=O) groups is 3. The van der Waals surface area contributed by atoms with Crippen molar-refractivity contribution >= 4 is 17.9 Å². The highest BCUT2D eigenvalue weighted by molar-refractivity contribution is 5.71. The molecule has 0 aliphatic heterocycles. The summed E-state index contributed by atoms with van der Waals surface area (Å²) in [6, 6.07) is 0. The lowest BCUT2D eigenvalue weighted by Crippen LogP contribution is -2.30. The third-order valence-corrected chi connectivity index (χ3v) is 16.5. The van der Waals surface area contributed by atoms with Crippen molar-refractivity contribution in [2.24, 2.45) is 0 Å². The van der Waals surface area contributed by atoms with Crippen molar-refractivity contribution < 1.29 is 28.6 Å². The molecule has 0 aromatic heterocycles. The van der Waals surface area contributed by atoms with E-state index in [0.29, 0.717) is 19.3 Å². The first-order valence-corrected chi connectivity index (χ1v) is 36.6. The lowest BCUT2D eigenvalue weighted by Gasteiger charge is -2.18. The first-order valence-electron chi connectivity index (χ1n) is 36.6. The van der Waals surface area contributed by atoms with Gasteiger partial charge >= 0.3 is 17.9 Å². The molecule has 6 heteroatoms. The molecule has 0 heterocycles. The molecule has 0 bridgehead atoms. The second kappa shape index (κ2) is 70.9. The fraction of sp³-hybridized carbons (Fsp3) is 0.855. The molecule has 480 valence electrons. The molecule has 0 aromatic carbocycles. The van der Waals surface area contributed by atoms with E-state index >= 15 is 0 Å². The van der Waals surface area contributed by atoms with Gasteiger partial charge in [-0.05, 0) is 103 Å². The van der Waals surface area contributed by atoms with Crippen LogP contribution in [0.5, 0.6) is 0 Å². The number of ether oxygens (including phenoxy) is 3. The van der Waals surface area contributed by atoms with Gasteiger partial charge in [0.1, 0.15) is 13.2 Å². The van der Waals surface area contributed by atoms with Gasteiger partial charge in [0.2, 0.25) is 0 Å². The van der Waals surface area contributed by atoms with Crippen molar-refractivity contribution in [3.05, 3.63) is 48.6 Å². The predicted molar refractivity (Wildman–Crippen MR) is 358 cm³/mol. The van der Waals surface area contributed by atoms with Crippen molar-refractivity contribution in [2.45, 2.75) is 406 Å². The predicted octanol–water partition coefficient (Wildman–Crippen LogP) is 25.3. The van der Waals surface area contributed by atoms with Crippen LogP contribution in [0.15, 0.2) is 48.6 Å². The van der Waals surface area contributed by atoms with Crippen LogP contribution in [0.2, 0.25) is 0 Å². The molecule has 0 N–H and O–H groups in total. The van der Waals surface area contributed by atoms with Crippen molar-refractivity contribution in [2.75, 3.05) is 13.2 Å². The van der Waals surface area contributed by atoms with Crippen molar-refractivity contribution in [1.82, 2.24) is 0 Å². The standard InChI is InChI=1S/C76H140O6/c1-4-7-10-13-16-19-22-25-27-29-30-31-32-33-34-35-36-37-38-39-40-41-42-43-44-45-46-47-49-51-54-57-60-63-66-69-75(78)81-72-73(71-80-74(77)68-65-62-59-56-53-50-24-21-18-15-12-9-6-3)82-76(79)70-67-64-61-58-55-52-48-28-26-23-20-17-14-11-8-5-2/h21-22,24-25,28-30,48,73H,4-20,23,26-27,31-47,49-72H2,1-3H3/b24-21-,25-22-,30-29-,48-28-. The molecule has 0 rings (SSSR count). The Morgan fingerprint density at radius 3 is 0.695 bits per heavy atom. The van der Waals surface area contributed by atoms with Gasteiger partial charge in [0.25, 0.3) is 0 Å². The SMILES string of the molecule is CCCCCC/C=C\CCCCCCCC(=O)OCC(COC(=O)CCCCCCCCCCCCCCCCCCCCCCCCC/C=C\C/C=C\CCCCCCC)OC(=O)CCCCCCC/C=C\CCCCCCCCC. The quantitative estimate of drug-likeness (QED) is 0.0261. The summed E-state index contributed by atoms with van der Waals surface area (Å²) in [5, 5.41) is 0. The van der Waals surface area contributed by atoms with Gasteiger partial charge in [0, 0.05) is 19.3 Å². The minimum Gasteiger partial charge on any atom is -0.462 e. The van der Waals surface area contributed by atoms with Gasteiger partial charge in [0.15, 0.2) is 6.10 Å². The van der Waals surface area contributed by atoms with E-state index < -0.39 is 6.10 Å². The van der Waals surface area contributed by atoms with Crippen LogP contribution in [-0.2, 0) is 28.6 Å². The van der Waals surface area contributed by atoms with Crippen LogP contribution in [0, 0.1) is 0 Å². The monoisotopic (exact) mass is 1150 g/mol. The van der Waals surface area contributed by atoms with Gasteiger partial charge in [-0.3, -0.25) is 14.4 Å². The maximum absolute atomic E-state index is 12.9. The molecule has 0 amide bonds. The van der Waals surface area contributed by atoms with Gasteiger partial charge in [-0.2, -0.15) is 0 Å². The van der Waals surface area contributed by atoms with E-state index in [1.54, 1.807) is 0 Å². The number of allylic oxidation sites excluding steroid dienone is 8. The van der Waals surface area contributed by atoms with Crippen LogP contribution in [0.25, 0.3) is 0 Å². The fourth-order valence-corrected chi connectivity index (χ4v) is 11.0. The van der Waals surface area contributed by atoms with Crippen LogP contribution in [-0.4, -0.2) is 37.2 Å². The average molecular weight is 1150 g/mol. The third-order valence-electron chi connectivity index (χ3n) is 16.5. The topological polar surface area (TPSA) is 78.9 Å². The second-order valence-electron chi connectivity index (χ2n) is 24.8. The number of rotatable bonds is 68. The first kappa shape index (κ1) is 79.4. The lowest BCUT2D eigenvalue weighted by molar-refractivity contribution is -0.167. The Hall–Kier alpha value is -2.63. The van der Waals surface area contributed by atoms with E-state index in [1.165, 1.54) is 283 Å². The number of carbonyl (C=O) groups excluding carboxylic acids is 3. The van der Waals surface area contributed by atoms with E-state index in [9.17, 15) is 14.4 Å². The van der Waals surface area contributed by atoms with Crippen LogP contribution < -0.4 is 0 Å². The van der Waals surface area contributed by atoms with E-state index in [2.05, 4.69) is 69.4 Å². The zero-order valence-corrected chi connectivity index (χ0v) is 55.3. The molecule has 0 saturated carbocycles. The molecular weight excluding hydrogens is 1010 g/mol. The molecule has 0 saturated heterocycles. The van der Waals surface area contributed by atoms with Crippen LogP contribution in [0.3, 0.4) is 0 Å². The molecule has 0 spiro atoms. The molecule has 0 aliphatic rings. The molecule has 1 unspecified atom stereocenters. The number of unbranched alkanes of at least 4 members (excludes halogenated alkanes) is 49. The van der Waals surface area contributed by atoms with E-state index in [4.69, 9.17) is 14.2 Å². The van der Waals surface area contributed by atoms with E-state index in [-0.39, 0.29) is 31.1 Å². The average Bonchev–Trinajstić information content (AvgIpc) is 3.47. The summed E-state index contributed by atoms with van der Waals surface area (Å²) < 4.78 is 17.0. The summed E-state index contributed by atoms with van der Waals surface area (Å²) >= 11 is 0. The molecular formula is C76H140O6. The van der Waals surface area contributed by atoms with Crippen LogP contribution in [0.4, 0.5) is 0 Å². The van der Waals surface area contributed by atoms with Gasteiger partial charge in [-0.15, -0.1) is 0 Å². The lowest BCUT2D eigenvalue weighted by atomic mass is 10.0. The molecule has 82 heavy (non-hydrogen) atoms. The molecule has 0 fully saturated rings. The normalized spacial score (nSPS) is 12.3. The molecule has 6 nitrogen and oxygen atoms in total. The van der Waals surface area contributed by atoms with E-state index in [0.717, 1.165) is 77.0 Å². The number of hydrogen-bond acceptors (Lipinski definition) is 6. The smallest absolute Gasteiger partial charge is 0.306 e. The Balaban J connectivity index is 4.07. The Bertz CT molecular complexity index is 1410. The summed E-state index contributed by atoms with van der Waals surface area (Å²) in [6.45, 7) is 6.66. The maximum Gasteiger partial charge on any atom is 0.306 e. The zero-order valence-electron chi connectivity index (χ0n) is 55.3. The number of esters is 3. The Kier molecular flexibility index (Phi) is 68.6. The van der Waals surface area contributed by atoms with Crippen molar-refractivity contribution in [3.63, 3.8) is 0 Å². The molecule has 0 aliphatic carbocycles. The minimum absolute atomic E-state index is 0.0743. The molecule has 0 aromatic rings. The van der Waals surface area contributed by atoms with Crippen molar-refractivity contribution in [1.29, 1.82) is 0 Å². The Morgan fingerprint density at radius 1 is 0.244 bits per heavy atom. The Labute approximate surface area is 511 Å². The minimum atomic E-state index is -0.779. The third kappa shape index (κ3) is 68.2. The van der Waals surface area contributed by atoms with Gasteiger partial charge in [-0.1, -0.05) is 326 Å². The highest BCUT2D eigenvalue weighted by Gasteiger charge is 2.19.